The summed E-state index contributed by atoms with van der Waals surface area (Å²) in [6.45, 7) is 2.98. The fourth-order valence-corrected chi connectivity index (χ4v) is 2.77. The highest BCUT2D eigenvalue weighted by Crippen LogP contribution is 2.21. The number of alkyl halides is 1. The molecule has 0 saturated carbocycles. The van der Waals surface area contributed by atoms with Crippen LogP contribution in [0.4, 0.5) is 0 Å². The summed E-state index contributed by atoms with van der Waals surface area (Å²) in [4.78, 5) is 4.57. The second kappa shape index (κ2) is 5.62. The van der Waals surface area contributed by atoms with Crippen molar-refractivity contribution in [2.75, 3.05) is 5.88 Å². The Labute approximate surface area is 105 Å². The molecule has 0 aliphatic carbocycles. The zero-order chi connectivity index (χ0) is 11.4. The number of aromatic nitrogens is 1. The minimum Gasteiger partial charge on any atom is -0.308 e. The normalized spacial score (nSPS) is 13.1. The Morgan fingerprint density at radius 1 is 1.44 bits per heavy atom. The van der Waals surface area contributed by atoms with Gasteiger partial charge in [0, 0.05) is 18.5 Å². The maximum Gasteiger partial charge on any atom is 0.108 e. The Kier molecular flexibility index (Phi) is 4.16. The van der Waals surface area contributed by atoms with Crippen molar-refractivity contribution in [1.29, 1.82) is 0 Å². The average Bonchev–Trinajstić information content (AvgIpc) is 2.69. The van der Waals surface area contributed by atoms with E-state index in [1.807, 2.05) is 12.1 Å². The molecular weight excluding hydrogens is 240 g/mol. The molecule has 86 valence electrons. The number of rotatable bonds is 5. The zero-order valence-electron chi connectivity index (χ0n) is 9.24. The maximum absolute atomic E-state index is 5.69. The van der Waals surface area contributed by atoms with E-state index >= 15 is 0 Å². The summed E-state index contributed by atoms with van der Waals surface area (Å²) in [6, 6.07) is 8.68. The van der Waals surface area contributed by atoms with E-state index in [-0.39, 0.29) is 0 Å². The van der Waals surface area contributed by atoms with Gasteiger partial charge in [0.15, 0.2) is 0 Å². The predicted molar refractivity (Wildman–Crippen MR) is 71.3 cm³/mol. The first-order valence-corrected chi connectivity index (χ1v) is 6.78. The van der Waals surface area contributed by atoms with E-state index in [4.69, 9.17) is 11.6 Å². The van der Waals surface area contributed by atoms with Gasteiger partial charge in [-0.3, -0.25) is 0 Å². The molecule has 1 N–H and O–H groups in total. The van der Waals surface area contributed by atoms with Gasteiger partial charge in [-0.25, -0.2) is 4.98 Å². The Hall–Kier alpha value is -0.640. The standard InChI is InChI=1S/C12H15ClN2S/c1-9(6-7-13)14-8-12-15-10-4-2-3-5-11(10)16-12/h2-5,9,14H,6-8H2,1H3. The van der Waals surface area contributed by atoms with Crippen molar-refractivity contribution in [2.24, 2.45) is 0 Å². The topological polar surface area (TPSA) is 24.9 Å². The van der Waals surface area contributed by atoms with E-state index in [2.05, 4.69) is 29.4 Å². The fourth-order valence-electron chi connectivity index (χ4n) is 1.52. The van der Waals surface area contributed by atoms with Crippen LogP contribution in [0.25, 0.3) is 10.2 Å². The number of hydrogen-bond acceptors (Lipinski definition) is 3. The Morgan fingerprint density at radius 2 is 2.25 bits per heavy atom. The molecule has 1 aromatic heterocycles. The van der Waals surface area contributed by atoms with Gasteiger partial charge in [-0.15, -0.1) is 22.9 Å². The molecule has 0 bridgehead atoms. The smallest absolute Gasteiger partial charge is 0.108 e. The van der Waals surface area contributed by atoms with Crippen LogP contribution >= 0.6 is 22.9 Å². The number of nitrogens with one attached hydrogen (secondary N) is 1. The summed E-state index contributed by atoms with van der Waals surface area (Å²) in [6.07, 6.45) is 0.993. The van der Waals surface area contributed by atoms with Crippen LogP contribution in [0, 0.1) is 0 Å². The van der Waals surface area contributed by atoms with Crippen LogP contribution in [0.3, 0.4) is 0 Å². The number of nitrogens with zero attached hydrogens (tertiary/aromatic N) is 1. The van der Waals surface area contributed by atoms with Crippen LogP contribution in [-0.4, -0.2) is 16.9 Å². The number of fused-ring (bicyclic) bond motifs is 1. The Bertz CT molecular complexity index is 422. The van der Waals surface area contributed by atoms with Gasteiger partial charge in [0.2, 0.25) is 0 Å². The van der Waals surface area contributed by atoms with E-state index in [1.165, 1.54) is 4.70 Å². The number of benzene rings is 1. The summed E-state index contributed by atoms with van der Waals surface area (Å²) in [7, 11) is 0. The molecule has 2 nitrogen and oxygen atoms in total. The van der Waals surface area contributed by atoms with Gasteiger partial charge in [-0.1, -0.05) is 12.1 Å². The SMILES string of the molecule is CC(CCCl)NCc1nc2ccccc2s1. The first-order valence-electron chi connectivity index (χ1n) is 5.43. The summed E-state index contributed by atoms with van der Waals surface area (Å²) in [5.41, 5.74) is 1.09. The maximum atomic E-state index is 5.69. The van der Waals surface area contributed by atoms with Crippen LogP contribution in [0.5, 0.6) is 0 Å². The number of hydrogen-bond donors (Lipinski definition) is 1. The highest BCUT2D eigenvalue weighted by atomic mass is 35.5. The molecule has 0 amide bonds. The molecule has 2 aromatic rings. The van der Waals surface area contributed by atoms with Crippen molar-refractivity contribution < 1.29 is 0 Å². The third-order valence-electron chi connectivity index (χ3n) is 2.48. The van der Waals surface area contributed by atoms with Crippen LogP contribution in [0.1, 0.15) is 18.4 Å². The highest BCUT2D eigenvalue weighted by molar-refractivity contribution is 7.18. The molecule has 2 rings (SSSR count). The van der Waals surface area contributed by atoms with Crippen LogP contribution < -0.4 is 5.32 Å². The quantitative estimate of drug-likeness (QED) is 0.828. The van der Waals surface area contributed by atoms with E-state index < -0.39 is 0 Å². The second-order valence-corrected chi connectivity index (χ2v) is 5.33. The lowest BCUT2D eigenvalue weighted by Gasteiger charge is -2.09. The lowest BCUT2D eigenvalue weighted by Crippen LogP contribution is -2.25. The lowest BCUT2D eigenvalue weighted by molar-refractivity contribution is 0.535. The van der Waals surface area contributed by atoms with E-state index in [9.17, 15) is 0 Å². The molecule has 0 fully saturated rings. The molecule has 16 heavy (non-hydrogen) atoms. The minimum atomic E-state index is 0.449. The first kappa shape index (κ1) is 11.8. The van der Waals surface area contributed by atoms with Gasteiger partial charge in [0.05, 0.1) is 10.2 Å². The second-order valence-electron chi connectivity index (χ2n) is 3.83. The van der Waals surface area contributed by atoms with Crippen LogP contribution in [0.15, 0.2) is 24.3 Å². The molecule has 1 unspecified atom stereocenters. The van der Waals surface area contributed by atoms with E-state index in [0.717, 1.165) is 23.5 Å². The lowest BCUT2D eigenvalue weighted by atomic mass is 10.2. The van der Waals surface area contributed by atoms with Gasteiger partial charge in [-0.05, 0) is 25.5 Å². The molecule has 0 aliphatic rings. The van der Waals surface area contributed by atoms with E-state index in [0.29, 0.717) is 11.9 Å². The van der Waals surface area contributed by atoms with E-state index in [1.54, 1.807) is 11.3 Å². The third kappa shape index (κ3) is 2.94. The van der Waals surface area contributed by atoms with Crippen molar-refractivity contribution in [2.45, 2.75) is 25.9 Å². The van der Waals surface area contributed by atoms with Crippen LogP contribution in [-0.2, 0) is 6.54 Å². The first-order chi connectivity index (χ1) is 7.79. The molecule has 0 radical (unpaired) electrons. The largest absolute Gasteiger partial charge is 0.308 e. The summed E-state index contributed by atoms with van der Waals surface area (Å²) in [5, 5.41) is 4.57. The molecule has 1 aromatic carbocycles. The van der Waals surface area contributed by atoms with Gasteiger partial charge < -0.3 is 5.32 Å². The summed E-state index contributed by atoms with van der Waals surface area (Å²) >= 11 is 7.44. The number of para-hydroxylation sites is 1. The van der Waals surface area contributed by atoms with Crippen molar-refractivity contribution >= 4 is 33.2 Å². The van der Waals surface area contributed by atoms with Gasteiger partial charge in [-0.2, -0.15) is 0 Å². The number of thiazole rings is 1. The zero-order valence-corrected chi connectivity index (χ0v) is 10.8. The predicted octanol–water partition coefficient (Wildman–Crippen LogP) is 3.40. The average molecular weight is 255 g/mol. The molecule has 0 spiro atoms. The van der Waals surface area contributed by atoms with Crippen molar-refractivity contribution in [3.8, 4) is 0 Å². The minimum absolute atomic E-state index is 0.449. The van der Waals surface area contributed by atoms with Crippen molar-refractivity contribution in [3.63, 3.8) is 0 Å². The van der Waals surface area contributed by atoms with Gasteiger partial charge in [0.25, 0.3) is 0 Å². The Morgan fingerprint density at radius 3 is 3.00 bits per heavy atom. The molecular formula is C12H15ClN2S. The molecule has 0 saturated heterocycles. The van der Waals surface area contributed by atoms with Crippen molar-refractivity contribution in [3.05, 3.63) is 29.3 Å². The summed E-state index contributed by atoms with van der Waals surface area (Å²) in [5.74, 6) is 0.702. The molecule has 1 atom stereocenters. The number of halogens is 1. The monoisotopic (exact) mass is 254 g/mol. The summed E-state index contributed by atoms with van der Waals surface area (Å²) < 4.78 is 1.25. The van der Waals surface area contributed by atoms with Crippen LogP contribution in [0.2, 0.25) is 0 Å². The Balaban J connectivity index is 1.99. The van der Waals surface area contributed by atoms with Crippen molar-refractivity contribution in [1.82, 2.24) is 10.3 Å². The fraction of sp³-hybridized carbons (Fsp3) is 0.417. The molecule has 0 aliphatic heterocycles. The highest BCUT2D eigenvalue weighted by Gasteiger charge is 2.05. The third-order valence-corrected chi connectivity index (χ3v) is 3.74. The van der Waals surface area contributed by atoms with Gasteiger partial charge >= 0.3 is 0 Å². The molecule has 4 heteroatoms. The van der Waals surface area contributed by atoms with Gasteiger partial charge in [0.1, 0.15) is 5.01 Å². The molecule has 1 heterocycles.